The Labute approximate surface area is 152 Å². The smallest absolute Gasteiger partial charge is 0.269 e. The minimum atomic E-state index is -0.462. The fourth-order valence-electron chi connectivity index (χ4n) is 3.51. The Bertz CT molecular complexity index is 875. The summed E-state index contributed by atoms with van der Waals surface area (Å²) in [6.45, 7) is 6.48. The van der Waals surface area contributed by atoms with E-state index < -0.39 is 4.92 Å². The lowest BCUT2D eigenvalue weighted by Crippen LogP contribution is -2.45. The van der Waals surface area contributed by atoms with Crippen molar-refractivity contribution in [1.82, 2.24) is 0 Å². The van der Waals surface area contributed by atoms with Crippen LogP contribution in [0.3, 0.4) is 0 Å². The van der Waals surface area contributed by atoms with Crippen LogP contribution in [0.1, 0.15) is 44.2 Å². The highest BCUT2D eigenvalue weighted by molar-refractivity contribution is 5.84. The number of nitro groups is 1. The summed E-state index contributed by atoms with van der Waals surface area (Å²) in [6, 6.07) is 9.29. The van der Waals surface area contributed by atoms with Gasteiger partial charge in [-0.25, -0.2) is 4.39 Å². The molecule has 1 heterocycles. The summed E-state index contributed by atoms with van der Waals surface area (Å²) < 4.78 is 14.6. The highest BCUT2D eigenvalue weighted by Crippen LogP contribution is 2.43. The van der Waals surface area contributed by atoms with Crippen molar-refractivity contribution in [3.8, 4) is 0 Å². The maximum Gasteiger partial charge on any atom is 0.269 e. The highest BCUT2D eigenvalue weighted by Gasteiger charge is 2.34. The van der Waals surface area contributed by atoms with Crippen LogP contribution in [0.15, 0.2) is 41.4 Å². The summed E-state index contributed by atoms with van der Waals surface area (Å²) in [5.41, 5.74) is 2.97. The number of nitro benzene ring substituents is 1. The molecule has 2 aromatic rings. The van der Waals surface area contributed by atoms with Crippen LogP contribution >= 0.6 is 0 Å². The summed E-state index contributed by atoms with van der Waals surface area (Å²) in [4.78, 5) is 16.6. The van der Waals surface area contributed by atoms with Crippen molar-refractivity contribution in [2.24, 2.45) is 4.99 Å². The van der Waals surface area contributed by atoms with E-state index in [4.69, 9.17) is 0 Å². The molecule has 0 N–H and O–H groups in total. The number of hydrogen-bond acceptors (Lipinski definition) is 4. The lowest BCUT2D eigenvalue weighted by atomic mass is 9.80. The molecular weight excluding hydrogens is 333 g/mol. The van der Waals surface area contributed by atoms with E-state index in [0.717, 1.165) is 17.7 Å². The predicted molar refractivity (Wildman–Crippen MR) is 102 cm³/mol. The number of benzene rings is 2. The van der Waals surface area contributed by atoms with Gasteiger partial charge in [0.25, 0.3) is 5.69 Å². The first-order valence-corrected chi connectivity index (χ1v) is 8.55. The lowest BCUT2D eigenvalue weighted by Gasteiger charge is -2.45. The van der Waals surface area contributed by atoms with E-state index in [1.807, 2.05) is 13.1 Å². The van der Waals surface area contributed by atoms with Crippen LogP contribution in [-0.2, 0) is 0 Å². The zero-order chi connectivity index (χ0) is 19.1. The van der Waals surface area contributed by atoms with Crippen LogP contribution in [0.2, 0.25) is 0 Å². The van der Waals surface area contributed by atoms with E-state index in [1.54, 1.807) is 18.2 Å². The monoisotopic (exact) mass is 355 g/mol. The first-order valence-electron chi connectivity index (χ1n) is 8.55. The molecule has 1 aliphatic rings. The Hall–Kier alpha value is -2.76. The van der Waals surface area contributed by atoms with Gasteiger partial charge in [-0.15, -0.1) is 0 Å². The SMILES string of the molecule is CC1CC(C)(C)N(C)c2cc(F)c(C=Nc3ccc([N+](=O)[O-])cc3)cc21. The average Bonchev–Trinajstić information content (AvgIpc) is 2.58. The highest BCUT2D eigenvalue weighted by atomic mass is 19.1. The second-order valence-corrected chi connectivity index (χ2v) is 7.44. The van der Waals surface area contributed by atoms with Crippen molar-refractivity contribution in [2.45, 2.75) is 38.6 Å². The summed E-state index contributed by atoms with van der Waals surface area (Å²) in [6.07, 6.45) is 2.46. The fourth-order valence-corrected chi connectivity index (χ4v) is 3.51. The first-order chi connectivity index (χ1) is 12.2. The Balaban J connectivity index is 1.92. The molecule has 1 atom stereocenters. The van der Waals surface area contributed by atoms with Crippen molar-refractivity contribution in [3.05, 3.63) is 63.5 Å². The fraction of sp³-hybridized carbons (Fsp3) is 0.350. The van der Waals surface area contributed by atoms with Gasteiger partial charge in [-0.3, -0.25) is 15.1 Å². The molecule has 3 rings (SSSR count). The van der Waals surface area contributed by atoms with E-state index in [9.17, 15) is 14.5 Å². The van der Waals surface area contributed by atoms with Crippen LogP contribution in [0.5, 0.6) is 0 Å². The average molecular weight is 355 g/mol. The molecule has 0 aliphatic carbocycles. The normalized spacial score (nSPS) is 18.8. The molecular formula is C20H22FN3O2. The third kappa shape index (κ3) is 3.31. The number of aliphatic imine (C=N–C) groups is 1. The molecule has 0 saturated heterocycles. The van der Waals surface area contributed by atoms with E-state index in [-0.39, 0.29) is 17.0 Å². The van der Waals surface area contributed by atoms with Gasteiger partial charge >= 0.3 is 0 Å². The van der Waals surface area contributed by atoms with E-state index in [2.05, 4.69) is 30.7 Å². The van der Waals surface area contributed by atoms with Gasteiger partial charge in [-0.1, -0.05) is 6.92 Å². The molecule has 6 heteroatoms. The largest absolute Gasteiger partial charge is 0.369 e. The van der Waals surface area contributed by atoms with Crippen LogP contribution < -0.4 is 4.90 Å². The summed E-state index contributed by atoms with van der Waals surface area (Å²) in [5, 5.41) is 10.7. The number of hydrogen-bond donors (Lipinski definition) is 0. The van der Waals surface area contributed by atoms with Gasteiger partial charge in [0.1, 0.15) is 5.82 Å². The van der Waals surface area contributed by atoms with Gasteiger partial charge in [0.2, 0.25) is 0 Å². The lowest BCUT2D eigenvalue weighted by molar-refractivity contribution is -0.384. The number of halogens is 1. The van der Waals surface area contributed by atoms with E-state index in [0.29, 0.717) is 17.2 Å². The Morgan fingerprint density at radius 3 is 2.58 bits per heavy atom. The van der Waals surface area contributed by atoms with Gasteiger partial charge in [0.15, 0.2) is 0 Å². The number of anilines is 1. The molecule has 0 bridgehead atoms. The molecule has 0 amide bonds. The molecule has 0 radical (unpaired) electrons. The van der Waals surface area contributed by atoms with Gasteiger partial charge in [-0.2, -0.15) is 0 Å². The molecule has 136 valence electrons. The molecule has 26 heavy (non-hydrogen) atoms. The number of non-ortho nitro benzene ring substituents is 1. The van der Waals surface area contributed by atoms with Crippen LogP contribution in [0.25, 0.3) is 0 Å². The first kappa shape index (κ1) is 18.0. The van der Waals surface area contributed by atoms with Crippen molar-refractivity contribution in [1.29, 1.82) is 0 Å². The Morgan fingerprint density at radius 2 is 1.96 bits per heavy atom. The van der Waals surface area contributed by atoms with Gasteiger partial charge in [-0.05, 0) is 56.0 Å². The second-order valence-electron chi connectivity index (χ2n) is 7.44. The number of nitrogens with zero attached hydrogens (tertiary/aromatic N) is 3. The number of rotatable bonds is 3. The van der Waals surface area contributed by atoms with Crippen LogP contribution in [-0.4, -0.2) is 23.7 Å². The molecule has 0 fully saturated rings. The summed E-state index contributed by atoms with van der Waals surface area (Å²) >= 11 is 0. The van der Waals surface area contributed by atoms with Gasteiger partial charge in [0, 0.05) is 42.2 Å². The summed E-state index contributed by atoms with van der Waals surface area (Å²) in [7, 11) is 1.99. The third-order valence-corrected chi connectivity index (χ3v) is 5.17. The minimum Gasteiger partial charge on any atom is -0.369 e. The predicted octanol–water partition coefficient (Wildman–Crippen LogP) is 5.21. The van der Waals surface area contributed by atoms with E-state index in [1.165, 1.54) is 18.3 Å². The maximum absolute atomic E-state index is 14.6. The quantitative estimate of drug-likeness (QED) is 0.431. The Kier molecular flexibility index (Phi) is 4.52. The van der Waals surface area contributed by atoms with Crippen molar-refractivity contribution in [2.75, 3.05) is 11.9 Å². The topological polar surface area (TPSA) is 58.7 Å². The van der Waals surface area contributed by atoms with Crippen LogP contribution in [0.4, 0.5) is 21.5 Å². The van der Waals surface area contributed by atoms with Crippen molar-refractivity contribution in [3.63, 3.8) is 0 Å². The van der Waals surface area contributed by atoms with E-state index >= 15 is 0 Å². The number of fused-ring (bicyclic) bond motifs is 1. The van der Waals surface area contributed by atoms with Crippen LogP contribution in [0, 0.1) is 15.9 Å². The molecule has 1 aliphatic heterocycles. The third-order valence-electron chi connectivity index (χ3n) is 5.17. The van der Waals surface area contributed by atoms with Crippen molar-refractivity contribution < 1.29 is 9.31 Å². The van der Waals surface area contributed by atoms with Gasteiger partial charge < -0.3 is 4.90 Å². The van der Waals surface area contributed by atoms with Gasteiger partial charge in [0.05, 0.1) is 10.6 Å². The molecule has 1 unspecified atom stereocenters. The molecule has 2 aromatic carbocycles. The zero-order valence-corrected chi connectivity index (χ0v) is 15.4. The van der Waals surface area contributed by atoms with Crippen molar-refractivity contribution >= 4 is 23.3 Å². The molecule has 0 saturated carbocycles. The Morgan fingerprint density at radius 1 is 1.31 bits per heavy atom. The zero-order valence-electron chi connectivity index (χ0n) is 15.4. The minimum absolute atomic E-state index is 0.00314. The molecule has 0 aromatic heterocycles. The standard InChI is InChI=1S/C20H22FN3O2/c1-13-11-20(2,3)23(4)19-10-18(21)14(9-17(13)19)12-22-15-5-7-16(8-6-15)24(25)26/h5-10,12-13H,11H2,1-4H3. The summed E-state index contributed by atoms with van der Waals surface area (Å²) in [5.74, 6) is -0.00511. The maximum atomic E-state index is 14.6. The second kappa shape index (κ2) is 6.52. The molecule has 0 spiro atoms. The molecule has 5 nitrogen and oxygen atoms in total.